The number of hydrogen-bond donors (Lipinski definition) is 3. The van der Waals surface area contributed by atoms with E-state index in [0.29, 0.717) is 13.0 Å². The maximum Gasteiger partial charge on any atom is 0.321 e. The third-order valence-electron chi connectivity index (χ3n) is 2.75. The van der Waals surface area contributed by atoms with E-state index in [4.69, 9.17) is 10.2 Å². The van der Waals surface area contributed by atoms with Gasteiger partial charge in [-0.15, -0.1) is 0 Å². The molecule has 0 spiro atoms. The van der Waals surface area contributed by atoms with Crippen molar-refractivity contribution < 1.29 is 15.0 Å². The summed E-state index contributed by atoms with van der Waals surface area (Å²) in [5.74, 6) is 0. The van der Waals surface area contributed by atoms with E-state index in [-0.39, 0.29) is 25.8 Å². The zero-order valence-corrected chi connectivity index (χ0v) is 12.5. The van der Waals surface area contributed by atoms with Gasteiger partial charge in [0.25, 0.3) is 0 Å². The highest BCUT2D eigenvalue weighted by molar-refractivity contribution is 9.10. The Morgan fingerprint density at radius 2 is 2.05 bits per heavy atom. The number of carbonyl (C=O) groups is 1. The molecule has 0 atom stereocenters. The van der Waals surface area contributed by atoms with Gasteiger partial charge in [-0.1, -0.05) is 22.0 Å². The number of nitrogens with one attached hydrogen (secondary N) is 1. The van der Waals surface area contributed by atoms with E-state index in [0.717, 1.165) is 15.7 Å². The minimum Gasteiger partial charge on any atom is -0.396 e. The smallest absolute Gasteiger partial charge is 0.321 e. The fraction of sp³-hybridized carbons (Fsp3) is 0.462. The second kappa shape index (κ2) is 8.14. The molecule has 0 saturated carbocycles. The predicted molar refractivity (Wildman–Crippen MR) is 78.3 cm³/mol. The topological polar surface area (TPSA) is 72.8 Å². The summed E-state index contributed by atoms with van der Waals surface area (Å²) in [7, 11) is 0. The van der Waals surface area contributed by atoms with Crippen molar-refractivity contribution in [3.63, 3.8) is 0 Å². The van der Waals surface area contributed by atoms with Crippen LogP contribution in [0.15, 0.2) is 22.7 Å². The summed E-state index contributed by atoms with van der Waals surface area (Å²) < 4.78 is 0.925. The number of rotatable bonds is 6. The zero-order chi connectivity index (χ0) is 14.3. The first-order valence-corrected chi connectivity index (χ1v) is 6.92. The van der Waals surface area contributed by atoms with Crippen LogP contribution in [0, 0.1) is 6.92 Å². The minimum absolute atomic E-state index is 0.0190. The lowest BCUT2D eigenvalue weighted by molar-refractivity contribution is 0.180. The molecule has 0 aromatic heterocycles. The van der Waals surface area contributed by atoms with E-state index in [9.17, 15) is 4.79 Å². The van der Waals surface area contributed by atoms with Gasteiger partial charge in [0.2, 0.25) is 0 Å². The summed E-state index contributed by atoms with van der Waals surface area (Å²) in [6.45, 7) is 2.49. The lowest BCUT2D eigenvalue weighted by Crippen LogP contribution is -2.38. The molecule has 0 fully saturated rings. The number of urea groups is 1. The van der Waals surface area contributed by atoms with Crippen LogP contribution in [0.5, 0.6) is 0 Å². The van der Waals surface area contributed by atoms with Crippen LogP contribution in [0.3, 0.4) is 0 Å². The summed E-state index contributed by atoms with van der Waals surface area (Å²) in [6.07, 6.45) is 0.491. The van der Waals surface area contributed by atoms with Crippen LogP contribution in [-0.2, 0) is 0 Å². The van der Waals surface area contributed by atoms with Gasteiger partial charge in [-0.25, -0.2) is 4.79 Å². The van der Waals surface area contributed by atoms with Crippen LogP contribution in [0.1, 0.15) is 12.0 Å². The highest BCUT2D eigenvalue weighted by Gasteiger charge is 2.13. The number of benzene rings is 1. The minimum atomic E-state index is -0.274. The molecule has 6 heteroatoms. The van der Waals surface area contributed by atoms with Gasteiger partial charge in [0, 0.05) is 29.9 Å². The van der Waals surface area contributed by atoms with Crippen molar-refractivity contribution in [3.8, 4) is 0 Å². The summed E-state index contributed by atoms with van der Waals surface area (Å²) in [4.78, 5) is 13.6. The Hall–Kier alpha value is -1.11. The molecule has 0 saturated heterocycles. The quantitative estimate of drug-likeness (QED) is 0.746. The molecule has 0 aliphatic heterocycles. The molecule has 0 aliphatic carbocycles. The standard InChI is InChI=1S/C13H19BrN2O3/c1-10-11(14)4-2-5-12(10)15-13(19)16(7-9-18)6-3-8-17/h2,4-5,17-18H,3,6-9H2,1H3,(H,15,19). The lowest BCUT2D eigenvalue weighted by Gasteiger charge is -2.22. The third kappa shape index (κ3) is 4.81. The van der Waals surface area contributed by atoms with Crippen molar-refractivity contribution in [3.05, 3.63) is 28.2 Å². The molecule has 0 unspecified atom stereocenters. The van der Waals surface area contributed by atoms with E-state index in [1.165, 1.54) is 4.90 Å². The Morgan fingerprint density at radius 3 is 2.68 bits per heavy atom. The number of aliphatic hydroxyl groups is 2. The first kappa shape index (κ1) is 15.9. The maximum absolute atomic E-state index is 12.1. The highest BCUT2D eigenvalue weighted by Crippen LogP contribution is 2.23. The second-order valence-electron chi connectivity index (χ2n) is 4.13. The van der Waals surface area contributed by atoms with Crippen molar-refractivity contribution in [2.24, 2.45) is 0 Å². The van der Waals surface area contributed by atoms with Crippen LogP contribution in [0.2, 0.25) is 0 Å². The zero-order valence-electron chi connectivity index (χ0n) is 10.9. The van der Waals surface area contributed by atoms with Gasteiger partial charge in [0.15, 0.2) is 0 Å². The summed E-state index contributed by atoms with van der Waals surface area (Å²) in [6, 6.07) is 5.30. The van der Waals surface area contributed by atoms with Gasteiger partial charge in [-0.2, -0.15) is 0 Å². The molecule has 5 nitrogen and oxygen atoms in total. The molecular weight excluding hydrogens is 312 g/mol. The van der Waals surface area contributed by atoms with E-state index in [1.54, 1.807) is 0 Å². The Bertz CT molecular complexity index is 426. The maximum atomic E-state index is 12.1. The van der Waals surface area contributed by atoms with Crippen molar-refractivity contribution >= 4 is 27.6 Å². The molecule has 1 aromatic carbocycles. The SMILES string of the molecule is Cc1c(Br)cccc1NC(=O)N(CCO)CCCO. The molecule has 2 amide bonds. The third-order valence-corrected chi connectivity index (χ3v) is 3.61. The van der Waals surface area contributed by atoms with E-state index in [1.807, 2.05) is 25.1 Å². The molecule has 19 heavy (non-hydrogen) atoms. The fourth-order valence-electron chi connectivity index (χ4n) is 1.63. The molecule has 1 rings (SSSR count). The van der Waals surface area contributed by atoms with Crippen molar-refractivity contribution in [1.29, 1.82) is 0 Å². The van der Waals surface area contributed by atoms with Crippen LogP contribution >= 0.6 is 15.9 Å². The molecule has 0 heterocycles. The van der Waals surface area contributed by atoms with Gasteiger partial charge in [0.1, 0.15) is 0 Å². The second-order valence-corrected chi connectivity index (χ2v) is 4.98. The fourth-order valence-corrected chi connectivity index (χ4v) is 2.00. The van der Waals surface area contributed by atoms with Crippen LogP contribution in [-0.4, -0.2) is 47.4 Å². The summed E-state index contributed by atoms with van der Waals surface area (Å²) in [5, 5.41) is 20.6. The number of halogens is 1. The molecule has 3 N–H and O–H groups in total. The number of carbonyl (C=O) groups excluding carboxylic acids is 1. The van der Waals surface area contributed by atoms with Gasteiger partial charge >= 0.3 is 6.03 Å². The number of hydrogen-bond acceptors (Lipinski definition) is 3. The monoisotopic (exact) mass is 330 g/mol. The number of amides is 2. The van der Waals surface area contributed by atoms with Gasteiger partial charge in [0.05, 0.1) is 6.61 Å². The van der Waals surface area contributed by atoms with Gasteiger partial charge in [-0.3, -0.25) is 0 Å². The van der Waals surface area contributed by atoms with Crippen molar-refractivity contribution in [2.45, 2.75) is 13.3 Å². The lowest BCUT2D eigenvalue weighted by atomic mass is 10.2. The predicted octanol–water partition coefficient (Wildman–Crippen LogP) is 1.97. The average molecular weight is 331 g/mol. The Kier molecular flexibility index (Phi) is 6.83. The number of aliphatic hydroxyl groups excluding tert-OH is 2. The van der Waals surface area contributed by atoms with Gasteiger partial charge in [-0.05, 0) is 31.0 Å². The summed E-state index contributed by atoms with van der Waals surface area (Å²) >= 11 is 3.41. The first-order valence-electron chi connectivity index (χ1n) is 6.13. The Morgan fingerprint density at radius 1 is 1.32 bits per heavy atom. The average Bonchev–Trinajstić information content (AvgIpc) is 2.39. The van der Waals surface area contributed by atoms with Crippen molar-refractivity contribution in [2.75, 3.05) is 31.6 Å². The molecular formula is C13H19BrN2O3. The summed E-state index contributed by atoms with van der Waals surface area (Å²) in [5.41, 5.74) is 1.67. The first-order chi connectivity index (χ1) is 9.10. The molecule has 0 bridgehead atoms. The Labute approximate surface area is 121 Å². The molecule has 106 valence electrons. The van der Waals surface area contributed by atoms with E-state index < -0.39 is 0 Å². The van der Waals surface area contributed by atoms with Crippen LogP contribution < -0.4 is 5.32 Å². The van der Waals surface area contributed by atoms with Gasteiger partial charge < -0.3 is 20.4 Å². The van der Waals surface area contributed by atoms with Crippen molar-refractivity contribution in [1.82, 2.24) is 4.90 Å². The molecule has 0 radical (unpaired) electrons. The number of nitrogens with zero attached hydrogens (tertiary/aromatic N) is 1. The van der Waals surface area contributed by atoms with E-state index >= 15 is 0 Å². The largest absolute Gasteiger partial charge is 0.396 e. The molecule has 1 aromatic rings. The normalized spacial score (nSPS) is 10.3. The number of anilines is 1. The molecule has 0 aliphatic rings. The van der Waals surface area contributed by atoms with Crippen LogP contribution in [0.4, 0.5) is 10.5 Å². The van der Waals surface area contributed by atoms with Crippen LogP contribution in [0.25, 0.3) is 0 Å². The Balaban J connectivity index is 2.72. The highest BCUT2D eigenvalue weighted by atomic mass is 79.9. The van der Waals surface area contributed by atoms with E-state index in [2.05, 4.69) is 21.2 Å².